The van der Waals surface area contributed by atoms with Crippen molar-refractivity contribution in [2.45, 2.75) is 43.9 Å². The fraction of sp³-hybridized carbons (Fsp3) is 0.429. The lowest BCUT2D eigenvalue weighted by atomic mass is 9.84. The lowest BCUT2D eigenvalue weighted by molar-refractivity contribution is 0.0363. The van der Waals surface area contributed by atoms with Gasteiger partial charge >= 0.3 is 0 Å². The molecule has 0 radical (unpaired) electrons. The zero-order chi connectivity index (χ0) is 17.2. The van der Waals surface area contributed by atoms with Gasteiger partial charge in [-0.15, -0.1) is 0 Å². The van der Waals surface area contributed by atoms with E-state index >= 15 is 0 Å². The van der Waals surface area contributed by atoms with E-state index in [0.717, 1.165) is 42.6 Å². The van der Waals surface area contributed by atoms with E-state index in [4.69, 9.17) is 10.5 Å². The van der Waals surface area contributed by atoms with E-state index in [-0.39, 0.29) is 12.1 Å². The van der Waals surface area contributed by atoms with Crippen molar-refractivity contribution in [3.05, 3.63) is 64.1 Å². The number of likely N-dealkylation sites (tertiary alicyclic amines) is 1. The summed E-state index contributed by atoms with van der Waals surface area (Å²) in [7, 11) is 0. The first-order valence-electron chi connectivity index (χ1n) is 9.21. The van der Waals surface area contributed by atoms with Gasteiger partial charge in [-0.25, -0.2) is 0 Å². The first kappa shape index (κ1) is 17.1. The molecule has 2 N–H and O–H groups in total. The van der Waals surface area contributed by atoms with E-state index in [1.165, 1.54) is 17.5 Å². The minimum Gasteiger partial charge on any atom is -0.483 e. The summed E-state index contributed by atoms with van der Waals surface area (Å²) < 4.78 is 7.59. The summed E-state index contributed by atoms with van der Waals surface area (Å²) in [5, 5.41) is 0. The number of benzene rings is 2. The van der Waals surface area contributed by atoms with Gasteiger partial charge in [-0.2, -0.15) is 0 Å². The molecule has 25 heavy (non-hydrogen) atoms. The quantitative estimate of drug-likeness (QED) is 0.833. The standard InChI is InChI=1S/C21H25BrN2O/c22-18-9-3-4-10-20(18)25-21-17-8-2-1-6-15(17)11-12-19(21)24-13-5-7-16(23)14-24/h1-4,6,8-10,16,19,21H,5,7,11-14,23H2/t16-,19?,21?/m0/s1. The molecule has 2 aromatic carbocycles. The molecule has 0 saturated carbocycles. The van der Waals surface area contributed by atoms with Crippen LogP contribution in [0.15, 0.2) is 53.0 Å². The summed E-state index contributed by atoms with van der Waals surface area (Å²) in [6.07, 6.45) is 4.60. The van der Waals surface area contributed by atoms with Gasteiger partial charge in [-0.3, -0.25) is 4.90 Å². The zero-order valence-electron chi connectivity index (χ0n) is 14.4. The lowest BCUT2D eigenvalue weighted by Crippen LogP contribution is -2.51. The van der Waals surface area contributed by atoms with E-state index in [0.29, 0.717) is 6.04 Å². The molecule has 1 saturated heterocycles. The third-order valence-electron chi connectivity index (χ3n) is 5.47. The van der Waals surface area contributed by atoms with Crippen LogP contribution in [-0.4, -0.2) is 30.1 Å². The zero-order valence-corrected chi connectivity index (χ0v) is 16.0. The second-order valence-electron chi connectivity index (χ2n) is 7.17. The average molecular weight is 401 g/mol. The topological polar surface area (TPSA) is 38.5 Å². The van der Waals surface area contributed by atoms with E-state index < -0.39 is 0 Å². The van der Waals surface area contributed by atoms with Gasteiger partial charge in [0.15, 0.2) is 0 Å². The number of piperidine rings is 1. The first-order chi connectivity index (χ1) is 12.2. The molecule has 1 aliphatic carbocycles. The van der Waals surface area contributed by atoms with Gasteiger partial charge in [0.2, 0.25) is 0 Å². The van der Waals surface area contributed by atoms with E-state index in [1.807, 2.05) is 24.3 Å². The molecule has 132 valence electrons. The van der Waals surface area contributed by atoms with Crippen molar-refractivity contribution < 1.29 is 4.74 Å². The van der Waals surface area contributed by atoms with Crippen molar-refractivity contribution in [3.8, 4) is 5.75 Å². The van der Waals surface area contributed by atoms with Crippen molar-refractivity contribution in [1.29, 1.82) is 0 Å². The molecule has 0 spiro atoms. The number of fused-ring (bicyclic) bond motifs is 1. The normalized spacial score (nSPS) is 26.9. The van der Waals surface area contributed by atoms with Gasteiger partial charge in [-0.1, -0.05) is 36.4 Å². The van der Waals surface area contributed by atoms with Crippen molar-refractivity contribution in [2.75, 3.05) is 13.1 Å². The van der Waals surface area contributed by atoms with Crippen LogP contribution in [0, 0.1) is 0 Å². The maximum Gasteiger partial charge on any atom is 0.139 e. The van der Waals surface area contributed by atoms with Crippen molar-refractivity contribution in [3.63, 3.8) is 0 Å². The minimum absolute atomic E-state index is 0.0500. The summed E-state index contributed by atoms with van der Waals surface area (Å²) >= 11 is 3.63. The van der Waals surface area contributed by atoms with E-state index in [1.54, 1.807) is 0 Å². The Bertz CT molecular complexity index is 735. The highest BCUT2D eigenvalue weighted by atomic mass is 79.9. The Morgan fingerprint density at radius 3 is 2.68 bits per heavy atom. The maximum absolute atomic E-state index is 6.58. The maximum atomic E-state index is 6.58. The third kappa shape index (κ3) is 3.62. The highest BCUT2D eigenvalue weighted by molar-refractivity contribution is 9.10. The smallest absolute Gasteiger partial charge is 0.139 e. The summed E-state index contributed by atoms with van der Waals surface area (Å²) in [5.74, 6) is 0.913. The van der Waals surface area contributed by atoms with Crippen LogP contribution in [0.4, 0.5) is 0 Å². The number of para-hydroxylation sites is 1. The van der Waals surface area contributed by atoms with Crippen LogP contribution in [0.25, 0.3) is 0 Å². The van der Waals surface area contributed by atoms with Crippen molar-refractivity contribution in [1.82, 2.24) is 4.90 Å². The van der Waals surface area contributed by atoms with Crippen LogP contribution in [0.1, 0.15) is 36.5 Å². The van der Waals surface area contributed by atoms with Crippen molar-refractivity contribution >= 4 is 15.9 Å². The molecule has 2 aliphatic rings. The summed E-state index contributed by atoms with van der Waals surface area (Å²) in [6.45, 7) is 2.10. The number of ether oxygens (including phenoxy) is 1. The van der Waals surface area contributed by atoms with Crippen LogP contribution >= 0.6 is 15.9 Å². The average Bonchev–Trinajstić information content (AvgIpc) is 2.64. The highest BCUT2D eigenvalue weighted by Crippen LogP contribution is 2.39. The molecule has 0 aromatic heterocycles. The fourth-order valence-corrected chi connectivity index (χ4v) is 4.61. The minimum atomic E-state index is 0.0500. The number of hydrogen-bond acceptors (Lipinski definition) is 3. The molecule has 4 heteroatoms. The van der Waals surface area contributed by atoms with Gasteiger partial charge in [0.05, 0.1) is 10.5 Å². The van der Waals surface area contributed by atoms with Gasteiger partial charge in [-0.05, 0) is 71.4 Å². The lowest BCUT2D eigenvalue weighted by Gasteiger charge is -2.43. The summed E-state index contributed by atoms with van der Waals surface area (Å²) in [4.78, 5) is 2.56. The molecular formula is C21H25BrN2O. The van der Waals surface area contributed by atoms with Crippen LogP contribution in [-0.2, 0) is 6.42 Å². The number of halogens is 1. The predicted molar refractivity (Wildman–Crippen MR) is 105 cm³/mol. The number of aryl methyl sites for hydroxylation is 1. The van der Waals surface area contributed by atoms with Crippen LogP contribution in [0.3, 0.4) is 0 Å². The molecule has 2 aromatic rings. The molecule has 2 unspecified atom stereocenters. The number of rotatable bonds is 3. The molecule has 1 heterocycles. The van der Waals surface area contributed by atoms with Crippen LogP contribution in [0.2, 0.25) is 0 Å². The predicted octanol–water partition coefficient (Wildman–Crippen LogP) is 4.31. The molecule has 0 amide bonds. The van der Waals surface area contributed by atoms with E-state index in [2.05, 4.69) is 45.1 Å². The molecule has 3 atom stereocenters. The largest absolute Gasteiger partial charge is 0.483 e. The number of nitrogens with two attached hydrogens (primary N) is 1. The fourth-order valence-electron chi connectivity index (χ4n) is 4.24. The van der Waals surface area contributed by atoms with Crippen LogP contribution in [0.5, 0.6) is 5.75 Å². The van der Waals surface area contributed by atoms with Gasteiger partial charge in [0.1, 0.15) is 11.9 Å². The molecule has 1 fully saturated rings. The van der Waals surface area contributed by atoms with Gasteiger partial charge < -0.3 is 10.5 Å². The summed E-state index contributed by atoms with van der Waals surface area (Å²) in [6, 6.07) is 17.5. The molecule has 0 bridgehead atoms. The Balaban J connectivity index is 1.67. The van der Waals surface area contributed by atoms with Gasteiger partial charge in [0.25, 0.3) is 0 Å². The van der Waals surface area contributed by atoms with Crippen molar-refractivity contribution in [2.24, 2.45) is 5.73 Å². The van der Waals surface area contributed by atoms with Gasteiger partial charge in [0, 0.05) is 12.6 Å². The second kappa shape index (κ2) is 7.48. The molecule has 3 nitrogen and oxygen atoms in total. The third-order valence-corrected chi connectivity index (χ3v) is 6.12. The Kier molecular flexibility index (Phi) is 5.11. The Morgan fingerprint density at radius 2 is 1.84 bits per heavy atom. The Hall–Kier alpha value is -1.36. The molecule has 4 rings (SSSR count). The number of nitrogens with zero attached hydrogens (tertiary/aromatic N) is 1. The molecule has 1 aliphatic heterocycles. The Morgan fingerprint density at radius 1 is 1.04 bits per heavy atom. The van der Waals surface area contributed by atoms with E-state index in [9.17, 15) is 0 Å². The highest BCUT2D eigenvalue weighted by Gasteiger charge is 2.36. The monoisotopic (exact) mass is 400 g/mol. The molecular weight excluding hydrogens is 376 g/mol. The second-order valence-corrected chi connectivity index (χ2v) is 8.03. The summed E-state index contributed by atoms with van der Waals surface area (Å²) in [5.41, 5.74) is 9.00. The first-order valence-corrected chi connectivity index (χ1v) is 10.0. The number of hydrogen-bond donors (Lipinski definition) is 1. The Labute approximate surface area is 158 Å². The van der Waals surface area contributed by atoms with Crippen LogP contribution < -0.4 is 10.5 Å². The SMILES string of the molecule is N[C@H]1CCCN(C2CCc3ccccc3C2Oc2ccccc2Br)C1.